The molecule has 0 bridgehead atoms. The Morgan fingerprint density at radius 2 is 2.05 bits per heavy atom. The number of amides is 2. The van der Waals surface area contributed by atoms with E-state index in [1.807, 2.05) is 11.8 Å². The van der Waals surface area contributed by atoms with Gasteiger partial charge in [-0.15, -0.1) is 0 Å². The number of carbonyl (C=O) groups is 2. The van der Waals surface area contributed by atoms with E-state index < -0.39 is 5.97 Å². The molecule has 0 aromatic heterocycles. The lowest BCUT2D eigenvalue weighted by atomic mass is 9.92. The second kappa shape index (κ2) is 9.10. The van der Waals surface area contributed by atoms with E-state index in [9.17, 15) is 9.59 Å². The molecule has 20 heavy (non-hydrogen) atoms. The number of urea groups is 1. The summed E-state index contributed by atoms with van der Waals surface area (Å²) in [7, 11) is 0. The SMILES string of the molecule is CSCCC(C)NC(=O)N1CCC(CCC(=O)O)CC1. The molecule has 0 aromatic rings. The fraction of sp³-hybridized carbons (Fsp3) is 0.857. The average molecular weight is 302 g/mol. The Balaban J connectivity index is 2.23. The van der Waals surface area contributed by atoms with Gasteiger partial charge in [-0.3, -0.25) is 4.79 Å². The summed E-state index contributed by atoms with van der Waals surface area (Å²) in [4.78, 5) is 24.5. The van der Waals surface area contributed by atoms with E-state index in [-0.39, 0.29) is 18.5 Å². The highest BCUT2D eigenvalue weighted by molar-refractivity contribution is 7.98. The van der Waals surface area contributed by atoms with Crippen LogP contribution < -0.4 is 5.32 Å². The van der Waals surface area contributed by atoms with Gasteiger partial charge in [0.05, 0.1) is 0 Å². The highest BCUT2D eigenvalue weighted by Gasteiger charge is 2.23. The maximum absolute atomic E-state index is 12.1. The monoisotopic (exact) mass is 302 g/mol. The molecule has 6 heteroatoms. The molecular formula is C14H26N2O3S. The van der Waals surface area contributed by atoms with E-state index in [1.54, 1.807) is 11.8 Å². The number of carboxylic acid groups (broad SMARTS) is 1. The predicted molar refractivity (Wildman–Crippen MR) is 82.2 cm³/mol. The number of piperidine rings is 1. The molecule has 0 aliphatic carbocycles. The summed E-state index contributed by atoms with van der Waals surface area (Å²) in [5, 5.41) is 11.7. The first-order chi connectivity index (χ1) is 9.52. The summed E-state index contributed by atoms with van der Waals surface area (Å²) < 4.78 is 0. The molecule has 1 fully saturated rings. The Kier molecular flexibility index (Phi) is 7.80. The maximum Gasteiger partial charge on any atom is 0.317 e. The van der Waals surface area contributed by atoms with Crippen molar-refractivity contribution in [1.29, 1.82) is 0 Å². The molecule has 116 valence electrons. The van der Waals surface area contributed by atoms with Crippen molar-refractivity contribution in [3.8, 4) is 0 Å². The molecule has 1 atom stereocenters. The first-order valence-corrected chi connectivity index (χ1v) is 8.68. The molecule has 2 N–H and O–H groups in total. The van der Waals surface area contributed by atoms with Crippen molar-refractivity contribution >= 4 is 23.8 Å². The number of nitrogens with one attached hydrogen (secondary N) is 1. The molecule has 1 saturated heterocycles. The summed E-state index contributed by atoms with van der Waals surface area (Å²) in [6.45, 7) is 3.52. The minimum absolute atomic E-state index is 0.0234. The fourth-order valence-corrected chi connectivity index (χ4v) is 3.01. The molecule has 0 spiro atoms. The largest absolute Gasteiger partial charge is 0.481 e. The van der Waals surface area contributed by atoms with E-state index in [4.69, 9.17) is 5.11 Å². The highest BCUT2D eigenvalue weighted by atomic mass is 32.2. The number of rotatable bonds is 7. The number of carbonyl (C=O) groups excluding carboxylic acids is 1. The Morgan fingerprint density at radius 3 is 2.60 bits per heavy atom. The summed E-state index contributed by atoms with van der Waals surface area (Å²) in [6, 6.07) is 0.231. The van der Waals surface area contributed by atoms with Gasteiger partial charge in [0.1, 0.15) is 0 Å². The van der Waals surface area contributed by atoms with Crippen LogP contribution >= 0.6 is 11.8 Å². The molecule has 1 heterocycles. The number of likely N-dealkylation sites (tertiary alicyclic amines) is 1. The quantitative estimate of drug-likeness (QED) is 0.758. The van der Waals surface area contributed by atoms with Gasteiger partial charge in [0.15, 0.2) is 0 Å². The molecule has 1 aliphatic heterocycles. The smallest absolute Gasteiger partial charge is 0.317 e. The topological polar surface area (TPSA) is 69.6 Å². The molecule has 0 saturated carbocycles. The van der Waals surface area contributed by atoms with Crippen LogP contribution in [0.5, 0.6) is 0 Å². The summed E-state index contributed by atoms with van der Waals surface area (Å²) >= 11 is 1.79. The summed E-state index contributed by atoms with van der Waals surface area (Å²) in [5.74, 6) is 0.774. The maximum atomic E-state index is 12.1. The first kappa shape index (κ1) is 17.1. The molecule has 0 aromatic carbocycles. The van der Waals surface area contributed by atoms with Gasteiger partial charge in [-0.1, -0.05) is 0 Å². The zero-order chi connectivity index (χ0) is 15.0. The van der Waals surface area contributed by atoms with Crippen molar-refractivity contribution in [2.45, 2.75) is 45.1 Å². The second-order valence-electron chi connectivity index (χ2n) is 5.49. The standard InChI is InChI=1S/C14H26N2O3S/c1-11(7-10-20-2)15-14(19)16-8-5-12(6-9-16)3-4-13(17)18/h11-12H,3-10H2,1-2H3,(H,15,19)(H,17,18). The third-order valence-electron chi connectivity index (χ3n) is 3.79. The number of hydrogen-bond acceptors (Lipinski definition) is 3. The van der Waals surface area contributed by atoms with Crippen LogP contribution in [-0.4, -0.2) is 53.1 Å². The van der Waals surface area contributed by atoms with Crippen molar-refractivity contribution in [1.82, 2.24) is 10.2 Å². The van der Waals surface area contributed by atoms with Crippen LogP contribution in [-0.2, 0) is 4.79 Å². The highest BCUT2D eigenvalue weighted by Crippen LogP contribution is 2.21. The molecule has 0 radical (unpaired) electrons. The van der Waals surface area contributed by atoms with Gasteiger partial charge in [0.25, 0.3) is 0 Å². The van der Waals surface area contributed by atoms with Crippen molar-refractivity contribution in [2.75, 3.05) is 25.1 Å². The van der Waals surface area contributed by atoms with Crippen molar-refractivity contribution in [3.63, 3.8) is 0 Å². The van der Waals surface area contributed by atoms with E-state index in [1.165, 1.54) is 0 Å². The molecule has 5 nitrogen and oxygen atoms in total. The normalized spacial score (nSPS) is 17.8. The molecule has 1 unspecified atom stereocenters. The van der Waals surface area contributed by atoms with Gasteiger partial charge in [-0.25, -0.2) is 4.79 Å². The van der Waals surface area contributed by atoms with Gasteiger partial charge >= 0.3 is 12.0 Å². The minimum atomic E-state index is -0.729. The van der Waals surface area contributed by atoms with Crippen molar-refractivity contribution < 1.29 is 14.7 Å². The number of carboxylic acids is 1. The van der Waals surface area contributed by atoms with Crippen LogP contribution in [0.3, 0.4) is 0 Å². The van der Waals surface area contributed by atoms with Gasteiger partial charge in [0.2, 0.25) is 0 Å². The van der Waals surface area contributed by atoms with Crippen LogP contribution in [0.1, 0.15) is 39.0 Å². The van der Waals surface area contributed by atoms with Gasteiger partial charge in [-0.05, 0) is 50.5 Å². The average Bonchev–Trinajstić information content (AvgIpc) is 2.43. The fourth-order valence-electron chi connectivity index (χ4n) is 2.42. The van der Waals surface area contributed by atoms with E-state index in [2.05, 4.69) is 11.6 Å². The van der Waals surface area contributed by atoms with E-state index in [0.717, 1.165) is 44.5 Å². The van der Waals surface area contributed by atoms with Gasteiger partial charge in [-0.2, -0.15) is 11.8 Å². The number of nitrogens with zero attached hydrogens (tertiary/aromatic N) is 1. The lowest BCUT2D eigenvalue weighted by molar-refractivity contribution is -0.137. The van der Waals surface area contributed by atoms with Crippen molar-refractivity contribution in [3.05, 3.63) is 0 Å². The van der Waals surface area contributed by atoms with Crippen LogP contribution in [0.25, 0.3) is 0 Å². The number of thioether (sulfide) groups is 1. The Bertz CT molecular complexity index is 318. The van der Waals surface area contributed by atoms with E-state index in [0.29, 0.717) is 5.92 Å². The number of hydrogen-bond donors (Lipinski definition) is 2. The van der Waals surface area contributed by atoms with Gasteiger partial charge in [0, 0.05) is 25.6 Å². The van der Waals surface area contributed by atoms with Crippen LogP contribution in [0.4, 0.5) is 4.79 Å². The molecule has 1 rings (SSSR count). The first-order valence-electron chi connectivity index (χ1n) is 7.29. The van der Waals surface area contributed by atoms with Gasteiger partial charge < -0.3 is 15.3 Å². The Hall–Kier alpha value is -0.910. The lowest BCUT2D eigenvalue weighted by Crippen LogP contribution is -2.47. The number of aliphatic carboxylic acids is 1. The van der Waals surface area contributed by atoms with Crippen molar-refractivity contribution in [2.24, 2.45) is 5.92 Å². The molecule has 1 aliphatic rings. The third kappa shape index (κ3) is 6.50. The van der Waals surface area contributed by atoms with Crippen LogP contribution in [0, 0.1) is 5.92 Å². The predicted octanol–water partition coefficient (Wildman–Crippen LogP) is 2.41. The molecular weight excluding hydrogens is 276 g/mol. The van der Waals surface area contributed by atoms with E-state index >= 15 is 0 Å². The second-order valence-corrected chi connectivity index (χ2v) is 6.48. The minimum Gasteiger partial charge on any atom is -0.481 e. The lowest BCUT2D eigenvalue weighted by Gasteiger charge is -2.32. The summed E-state index contributed by atoms with van der Waals surface area (Å²) in [5.41, 5.74) is 0. The zero-order valence-electron chi connectivity index (χ0n) is 12.4. The zero-order valence-corrected chi connectivity index (χ0v) is 13.2. The third-order valence-corrected chi connectivity index (χ3v) is 4.44. The van der Waals surface area contributed by atoms with Crippen LogP contribution in [0.15, 0.2) is 0 Å². The Labute approximate surface area is 125 Å². The molecule has 2 amide bonds. The Morgan fingerprint density at radius 1 is 1.40 bits per heavy atom. The van der Waals surface area contributed by atoms with Crippen LogP contribution in [0.2, 0.25) is 0 Å². The summed E-state index contributed by atoms with van der Waals surface area (Å²) in [6.07, 6.45) is 5.86.